The fourth-order valence-electron chi connectivity index (χ4n) is 3.77. The number of piperidine rings is 1. The number of oxazole rings is 1. The molecule has 4 heterocycles. The van der Waals surface area contributed by atoms with E-state index in [9.17, 15) is 10.1 Å². The summed E-state index contributed by atoms with van der Waals surface area (Å²) in [6, 6.07) is 7.58. The Morgan fingerprint density at radius 3 is 3.05 bits per heavy atom. The van der Waals surface area contributed by atoms with Gasteiger partial charge in [-0.15, -0.1) is 0 Å². The molecule has 2 aliphatic rings. The van der Waals surface area contributed by atoms with E-state index in [1.807, 2.05) is 16.7 Å². The monoisotopic (exact) mass is 296 g/mol. The highest BCUT2D eigenvalue weighted by atomic mass is 16.4. The third-order valence-corrected chi connectivity index (χ3v) is 4.59. The van der Waals surface area contributed by atoms with Crippen LogP contribution in [0.1, 0.15) is 29.6 Å². The van der Waals surface area contributed by atoms with Gasteiger partial charge in [0, 0.05) is 44.2 Å². The smallest absolute Gasteiger partial charge is 0.250 e. The molecule has 2 aliphatic heterocycles. The van der Waals surface area contributed by atoms with E-state index in [1.165, 1.54) is 0 Å². The fraction of sp³-hybridized carbons (Fsp3) is 0.438. The van der Waals surface area contributed by atoms with E-state index >= 15 is 0 Å². The summed E-state index contributed by atoms with van der Waals surface area (Å²) < 4.78 is 7.54. The van der Waals surface area contributed by atoms with Gasteiger partial charge in [0.25, 0.3) is 5.56 Å². The van der Waals surface area contributed by atoms with E-state index in [4.69, 9.17) is 4.42 Å². The van der Waals surface area contributed by atoms with Gasteiger partial charge in [0.15, 0.2) is 5.89 Å². The fourth-order valence-corrected chi connectivity index (χ4v) is 3.77. The predicted molar refractivity (Wildman–Crippen MR) is 79.7 cm³/mol. The van der Waals surface area contributed by atoms with Gasteiger partial charge in [-0.25, -0.2) is 4.98 Å². The third-order valence-electron chi connectivity index (χ3n) is 4.59. The van der Waals surface area contributed by atoms with Crippen molar-refractivity contribution < 1.29 is 4.42 Å². The largest absolute Gasteiger partial charge is 0.424 e. The van der Waals surface area contributed by atoms with Crippen molar-refractivity contribution in [2.24, 2.45) is 5.92 Å². The number of hydrogen-bond donors (Lipinski definition) is 0. The van der Waals surface area contributed by atoms with Crippen LogP contribution in [0, 0.1) is 24.2 Å². The maximum atomic E-state index is 12.0. The molecule has 2 aromatic heterocycles. The lowest BCUT2D eigenvalue weighted by Crippen LogP contribution is -2.47. The Labute approximate surface area is 127 Å². The minimum absolute atomic E-state index is 0.0777. The zero-order valence-electron chi connectivity index (χ0n) is 12.3. The first kappa shape index (κ1) is 13.1. The van der Waals surface area contributed by atoms with Crippen molar-refractivity contribution in [1.29, 1.82) is 5.26 Å². The first-order valence-corrected chi connectivity index (χ1v) is 7.48. The van der Waals surface area contributed by atoms with Gasteiger partial charge in [-0.3, -0.25) is 4.79 Å². The molecule has 0 N–H and O–H groups in total. The van der Waals surface area contributed by atoms with E-state index in [-0.39, 0.29) is 5.56 Å². The Morgan fingerprint density at radius 2 is 2.23 bits per heavy atom. The third kappa shape index (κ3) is 1.93. The molecule has 1 saturated heterocycles. The summed E-state index contributed by atoms with van der Waals surface area (Å²) in [5.41, 5.74) is 1.51. The normalized spacial score (nSPS) is 23.0. The van der Waals surface area contributed by atoms with Crippen molar-refractivity contribution in [2.75, 3.05) is 18.0 Å². The number of fused-ring (bicyclic) bond motifs is 4. The van der Waals surface area contributed by atoms with E-state index in [0.717, 1.165) is 31.7 Å². The van der Waals surface area contributed by atoms with Crippen LogP contribution in [0.2, 0.25) is 0 Å². The minimum Gasteiger partial charge on any atom is -0.424 e. The Hall–Kier alpha value is -2.55. The summed E-state index contributed by atoms with van der Waals surface area (Å²) in [5.74, 6) is 1.77. The van der Waals surface area contributed by atoms with Crippen LogP contribution in [0.5, 0.6) is 0 Å². The molecule has 2 atom stereocenters. The van der Waals surface area contributed by atoms with Crippen molar-refractivity contribution in [1.82, 2.24) is 9.55 Å². The minimum atomic E-state index is 0.0777. The van der Waals surface area contributed by atoms with Crippen molar-refractivity contribution in [3.05, 3.63) is 45.8 Å². The SMILES string of the molecule is Cc1nc(C#N)c(N2CC3CC(C2)c2cccc(=O)n2C3)o1. The highest BCUT2D eigenvalue weighted by molar-refractivity contribution is 5.49. The highest BCUT2D eigenvalue weighted by Gasteiger charge is 2.36. The molecular weight excluding hydrogens is 280 g/mol. The zero-order valence-corrected chi connectivity index (χ0v) is 12.3. The predicted octanol–water partition coefficient (Wildman–Crippen LogP) is 1.64. The Kier molecular flexibility index (Phi) is 2.83. The van der Waals surface area contributed by atoms with Crippen molar-refractivity contribution in [2.45, 2.75) is 25.8 Å². The molecule has 6 heteroatoms. The molecule has 0 aliphatic carbocycles. The Bertz CT molecular complexity index is 829. The summed E-state index contributed by atoms with van der Waals surface area (Å²) in [5, 5.41) is 9.21. The lowest BCUT2D eigenvalue weighted by atomic mass is 9.83. The van der Waals surface area contributed by atoms with E-state index in [2.05, 4.69) is 16.0 Å². The molecule has 22 heavy (non-hydrogen) atoms. The number of nitriles is 1. The van der Waals surface area contributed by atoms with Gasteiger partial charge >= 0.3 is 0 Å². The van der Waals surface area contributed by atoms with Crippen molar-refractivity contribution in [3.8, 4) is 6.07 Å². The summed E-state index contributed by atoms with van der Waals surface area (Å²) >= 11 is 0. The second-order valence-corrected chi connectivity index (χ2v) is 6.10. The van der Waals surface area contributed by atoms with Gasteiger partial charge in [0.2, 0.25) is 11.6 Å². The topological polar surface area (TPSA) is 75.1 Å². The quantitative estimate of drug-likeness (QED) is 0.799. The molecule has 2 unspecified atom stereocenters. The van der Waals surface area contributed by atoms with Crippen LogP contribution in [0.3, 0.4) is 0 Å². The number of nitrogens with zero attached hydrogens (tertiary/aromatic N) is 4. The maximum Gasteiger partial charge on any atom is 0.250 e. The van der Waals surface area contributed by atoms with Crippen LogP contribution >= 0.6 is 0 Å². The number of pyridine rings is 1. The summed E-state index contributed by atoms with van der Waals surface area (Å²) in [6.45, 7) is 4.03. The molecule has 0 amide bonds. The average Bonchev–Trinajstić information content (AvgIpc) is 2.89. The van der Waals surface area contributed by atoms with Gasteiger partial charge in [0.05, 0.1) is 0 Å². The van der Waals surface area contributed by atoms with Gasteiger partial charge in [-0.1, -0.05) is 6.07 Å². The Morgan fingerprint density at radius 1 is 1.36 bits per heavy atom. The molecule has 1 fully saturated rings. The van der Waals surface area contributed by atoms with Crippen LogP contribution in [-0.4, -0.2) is 22.6 Å². The van der Waals surface area contributed by atoms with Gasteiger partial charge in [-0.05, 0) is 18.4 Å². The van der Waals surface area contributed by atoms with Crippen LogP contribution < -0.4 is 10.5 Å². The van der Waals surface area contributed by atoms with Crippen LogP contribution in [0.15, 0.2) is 27.4 Å². The molecule has 0 aromatic carbocycles. The number of aryl methyl sites for hydroxylation is 1. The molecule has 6 nitrogen and oxygen atoms in total. The molecule has 0 radical (unpaired) electrons. The molecular formula is C16H16N4O2. The van der Waals surface area contributed by atoms with Gasteiger partial charge < -0.3 is 13.9 Å². The van der Waals surface area contributed by atoms with Crippen molar-refractivity contribution >= 4 is 5.88 Å². The van der Waals surface area contributed by atoms with Crippen LogP contribution in [-0.2, 0) is 6.54 Å². The van der Waals surface area contributed by atoms with Crippen molar-refractivity contribution in [3.63, 3.8) is 0 Å². The molecule has 4 rings (SSSR count). The molecule has 0 spiro atoms. The van der Waals surface area contributed by atoms with Gasteiger partial charge in [0.1, 0.15) is 6.07 Å². The molecule has 0 saturated carbocycles. The number of aromatic nitrogens is 2. The summed E-state index contributed by atoms with van der Waals surface area (Å²) in [6.07, 6.45) is 1.08. The Balaban J connectivity index is 1.72. The van der Waals surface area contributed by atoms with Gasteiger partial charge in [-0.2, -0.15) is 5.26 Å². The summed E-state index contributed by atoms with van der Waals surface area (Å²) in [7, 11) is 0. The molecule has 112 valence electrons. The maximum absolute atomic E-state index is 12.0. The van der Waals surface area contributed by atoms with E-state index < -0.39 is 0 Å². The van der Waals surface area contributed by atoms with E-state index in [1.54, 1.807) is 13.0 Å². The average molecular weight is 296 g/mol. The zero-order chi connectivity index (χ0) is 15.3. The number of anilines is 1. The van der Waals surface area contributed by atoms with E-state index in [0.29, 0.717) is 29.3 Å². The van der Waals surface area contributed by atoms with Crippen LogP contribution in [0.4, 0.5) is 5.88 Å². The second-order valence-electron chi connectivity index (χ2n) is 6.10. The molecule has 2 bridgehead atoms. The highest BCUT2D eigenvalue weighted by Crippen LogP contribution is 2.37. The first-order valence-electron chi connectivity index (χ1n) is 7.48. The summed E-state index contributed by atoms with van der Waals surface area (Å²) in [4.78, 5) is 18.3. The number of hydrogen-bond acceptors (Lipinski definition) is 5. The molecule has 2 aromatic rings. The standard InChI is InChI=1S/C16H16N4O2/c1-10-18-13(6-17)16(22-10)19-7-11-5-12(9-19)14-3-2-4-15(21)20(14)8-11/h2-4,11-12H,5,7-9H2,1H3. The van der Waals surface area contributed by atoms with Crippen LogP contribution in [0.25, 0.3) is 0 Å². The lowest BCUT2D eigenvalue weighted by molar-refractivity contribution is 0.274. The number of rotatable bonds is 1. The lowest BCUT2D eigenvalue weighted by Gasteiger charge is -2.42. The second kappa shape index (κ2) is 4.73. The first-order chi connectivity index (χ1) is 10.7.